The van der Waals surface area contributed by atoms with Crippen LogP contribution >= 0.6 is 0 Å². The van der Waals surface area contributed by atoms with E-state index >= 15 is 0 Å². The quantitative estimate of drug-likeness (QED) is 0.286. The Kier molecular flexibility index (Phi) is 7.97. The van der Waals surface area contributed by atoms with Crippen LogP contribution in [-0.2, 0) is 19.5 Å². The molecule has 4 heterocycles. The summed E-state index contributed by atoms with van der Waals surface area (Å²) in [5.41, 5.74) is 4.52. The first-order valence-corrected chi connectivity index (χ1v) is 14.2. The number of aromatic nitrogens is 4. The molecule has 2 fully saturated rings. The van der Waals surface area contributed by atoms with Crippen LogP contribution in [0.25, 0.3) is 11.4 Å². The van der Waals surface area contributed by atoms with E-state index in [2.05, 4.69) is 68.5 Å². The summed E-state index contributed by atoms with van der Waals surface area (Å²) < 4.78 is 13.8. The van der Waals surface area contributed by atoms with Crippen molar-refractivity contribution >= 4 is 0 Å². The highest BCUT2D eigenvalue weighted by atomic mass is 16.5. The van der Waals surface area contributed by atoms with Gasteiger partial charge in [0.15, 0.2) is 0 Å². The maximum absolute atomic E-state index is 12.4. The normalized spacial score (nSPS) is 17.8. The van der Waals surface area contributed by atoms with Crippen LogP contribution in [0.3, 0.4) is 0 Å². The van der Waals surface area contributed by atoms with E-state index in [0.29, 0.717) is 24.5 Å². The summed E-state index contributed by atoms with van der Waals surface area (Å²) in [6, 6.07) is 16.3. The van der Waals surface area contributed by atoms with Crippen LogP contribution in [0.5, 0.6) is 0 Å². The molecule has 2 aliphatic heterocycles. The molecule has 0 amide bonds. The largest absolute Gasteiger partial charge is 0.431 e. The first-order valence-electron chi connectivity index (χ1n) is 14.2. The second-order valence-electron chi connectivity index (χ2n) is 11.2. The fraction of sp³-hybridized carbons (Fsp3) is 0.448. The smallest absolute Gasteiger partial charge is 0.304 e. The first kappa shape index (κ1) is 27.3. The molecule has 0 aliphatic carbocycles. The molecule has 0 radical (unpaired) electrons. The minimum Gasteiger partial charge on any atom is -0.304 e. The Balaban J connectivity index is 1.12. The summed E-state index contributed by atoms with van der Waals surface area (Å²) in [7, 11) is 4.23. The molecular formula is C29H38N8O4+2. The minimum atomic E-state index is -0.336. The number of piperazine rings is 2. The monoisotopic (exact) mass is 562 g/mol. The van der Waals surface area contributed by atoms with Crippen molar-refractivity contribution in [2.24, 2.45) is 0 Å². The van der Waals surface area contributed by atoms with Crippen LogP contribution in [0.1, 0.15) is 22.5 Å². The van der Waals surface area contributed by atoms with E-state index in [0.717, 1.165) is 81.3 Å². The summed E-state index contributed by atoms with van der Waals surface area (Å²) in [6.07, 6.45) is 0.752. The molecule has 2 aliphatic rings. The van der Waals surface area contributed by atoms with Crippen molar-refractivity contribution < 1.29 is 18.4 Å². The summed E-state index contributed by atoms with van der Waals surface area (Å²) >= 11 is 0. The van der Waals surface area contributed by atoms with Gasteiger partial charge in [0.25, 0.3) is 0 Å². The van der Waals surface area contributed by atoms with Gasteiger partial charge in [-0.25, -0.2) is 9.59 Å². The van der Waals surface area contributed by atoms with E-state index in [1.165, 1.54) is 0 Å². The number of nitrogens with zero attached hydrogens (tertiary/aromatic N) is 6. The average Bonchev–Trinajstić information content (AvgIpc) is 3.53. The maximum Gasteiger partial charge on any atom is 0.431 e. The first-order chi connectivity index (χ1) is 19.9. The van der Waals surface area contributed by atoms with Gasteiger partial charge in [-0.15, -0.1) is 0 Å². The van der Waals surface area contributed by atoms with Crippen LogP contribution in [0.15, 0.2) is 67.2 Å². The van der Waals surface area contributed by atoms with E-state index in [1.807, 2.05) is 24.3 Å². The van der Waals surface area contributed by atoms with Gasteiger partial charge in [0, 0.05) is 76.6 Å². The molecule has 2 N–H and O–H groups in total. The number of benzene rings is 2. The molecule has 2 aromatic heterocycles. The van der Waals surface area contributed by atoms with Gasteiger partial charge in [0.05, 0.1) is 13.1 Å². The zero-order chi connectivity index (χ0) is 28.3. The molecule has 216 valence electrons. The van der Waals surface area contributed by atoms with Crippen molar-refractivity contribution in [3.63, 3.8) is 0 Å². The van der Waals surface area contributed by atoms with Crippen molar-refractivity contribution in [1.82, 2.24) is 30.1 Å². The second-order valence-corrected chi connectivity index (χ2v) is 11.2. The zero-order valence-electron chi connectivity index (χ0n) is 23.7. The molecule has 2 saturated heterocycles. The number of likely N-dealkylation sites (N-methyl/N-ethyl adjacent to an activating group) is 2. The highest BCUT2D eigenvalue weighted by molar-refractivity contribution is 5.34. The predicted octanol–water partition coefficient (Wildman–Crippen LogP) is -0.112. The molecule has 2 aromatic carbocycles. The van der Waals surface area contributed by atoms with Gasteiger partial charge in [-0.2, -0.15) is 0 Å². The summed E-state index contributed by atoms with van der Waals surface area (Å²) in [4.78, 5) is 34.0. The molecule has 12 nitrogen and oxygen atoms in total. The molecule has 0 saturated carbocycles. The number of H-pyrrole nitrogens is 2. The Labute approximate surface area is 237 Å². The van der Waals surface area contributed by atoms with Crippen LogP contribution in [0.4, 0.5) is 0 Å². The van der Waals surface area contributed by atoms with E-state index in [9.17, 15) is 9.59 Å². The number of rotatable bonds is 8. The van der Waals surface area contributed by atoms with E-state index in [4.69, 9.17) is 9.05 Å². The van der Waals surface area contributed by atoms with Gasteiger partial charge in [-0.1, -0.05) is 24.3 Å². The number of aromatic amines is 2. The molecule has 6 rings (SSSR count). The second kappa shape index (κ2) is 12.0. The number of hydrogen-bond acceptors (Lipinski definition) is 8. The van der Waals surface area contributed by atoms with Crippen molar-refractivity contribution in [3.8, 4) is 11.4 Å². The van der Waals surface area contributed by atoms with E-state index in [1.54, 1.807) is 9.36 Å². The zero-order valence-corrected chi connectivity index (χ0v) is 23.7. The lowest BCUT2D eigenvalue weighted by Gasteiger charge is -2.30. The molecule has 4 aromatic rings. The van der Waals surface area contributed by atoms with Gasteiger partial charge < -0.3 is 9.80 Å². The highest BCUT2D eigenvalue weighted by Gasteiger charge is 2.28. The Bertz CT molecular complexity index is 1440. The predicted molar refractivity (Wildman–Crippen MR) is 150 cm³/mol. The average molecular weight is 563 g/mol. The van der Waals surface area contributed by atoms with Gasteiger partial charge in [-0.05, 0) is 51.5 Å². The van der Waals surface area contributed by atoms with Crippen molar-refractivity contribution in [1.29, 1.82) is 0 Å². The lowest BCUT2D eigenvalue weighted by atomic mass is 10.0. The van der Waals surface area contributed by atoms with Crippen LogP contribution < -0.4 is 20.6 Å². The lowest BCUT2D eigenvalue weighted by Crippen LogP contribution is -2.47. The van der Waals surface area contributed by atoms with Gasteiger partial charge in [0.2, 0.25) is 11.4 Å². The van der Waals surface area contributed by atoms with E-state index in [-0.39, 0.29) is 11.3 Å². The third-order valence-corrected chi connectivity index (χ3v) is 8.21. The summed E-state index contributed by atoms with van der Waals surface area (Å²) in [6.45, 7) is 8.73. The van der Waals surface area contributed by atoms with Crippen LogP contribution in [0, 0.1) is 0 Å². The molecule has 41 heavy (non-hydrogen) atoms. The van der Waals surface area contributed by atoms with Gasteiger partial charge >= 0.3 is 22.6 Å². The van der Waals surface area contributed by atoms with Crippen LogP contribution in [0.2, 0.25) is 0 Å². The molecule has 0 bridgehead atoms. The SMILES string of the molecule is CN1CCN(Cc2c(=O)o[nH][n+]2-c2ccc(Cc3ccc(-[n+]4[nH]oc(=O)c4CN4CCN(C)CC4)cc3)cc2)CC1. The van der Waals surface area contributed by atoms with Crippen molar-refractivity contribution in [3.05, 3.63) is 91.9 Å². The maximum atomic E-state index is 12.4. The highest BCUT2D eigenvalue weighted by Crippen LogP contribution is 2.13. The molecule has 0 spiro atoms. The van der Waals surface area contributed by atoms with Gasteiger partial charge in [-0.3, -0.25) is 18.8 Å². The molecule has 0 atom stereocenters. The standard InChI is InChI=1S/C29H36N8O4/c1-32-11-15-34(16-12-32)20-26-28(38)40-30-36(26)24-7-3-22(4-8-24)19-23-5-9-25(10-6-23)37-27(29(39)41-31-37)21-35-17-13-33(2)14-18-35/h3-10H,11-21H2,1-2H3/p+2. The lowest BCUT2D eigenvalue weighted by molar-refractivity contribution is -0.678. The molecule has 0 unspecified atom stereocenters. The fourth-order valence-corrected chi connectivity index (χ4v) is 5.47. The third-order valence-electron chi connectivity index (χ3n) is 8.21. The summed E-state index contributed by atoms with van der Waals surface area (Å²) in [5.74, 6) is 0. The number of nitrogens with one attached hydrogen (secondary N) is 2. The topological polar surface area (TPSA) is 113 Å². The Morgan fingerprint density at radius 1 is 0.610 bits per heavy atom. The minimum absolute atomic E-state index is 0.336. The third kappa shape index (κ3) is 6.25. The van der Waals surface area contributed by atoms with Crippen molar-refractivity contribution in [2.45, 2.75) is 19.5 Å². The Morgan fingerprint density at radius 2 is 0.976 bits per heavy atom. The van der Waals surface area contributed by atoms with Crippen molar-refractivity contribution in [2.75, 3.05) is 66.5 Å². The van der Waals surface area contributed by atoms with Gasteiger partial charge in [0.1, 0.15) is 0 Å². The molecular weight excluding hydrogens is 524 g/mol. The van der Waals surface area contributed by atoms with Crippen LogP contribution in [-0.4, -0.2) is 96.6 Å². The Morgan fingerprint density at radius 3 is 1.34 bits per heavy atom. The Hall–Kier alpha value is -3.84. The summed E-state index contributed by atoms with van der Waals surface area (Å²) in [5, 5.41) is 5.53. The fourth-order valence-electron chi connectivity index (χ4n) is 5.47. The number of hydrogen-bond donors (Lipinski definition) is 2. The van der Waals surface area contributed by atoms with E-state index < -0.39 is 0 Å². The molecule has 12 heteroatoms.